The third kappa shape index (κ3) is 5.01. The van der Waals surface area contributed by atoms with Crippen LogP contribution in [0.3, 0.4) is 0 Å². The Morgan fingerprint density at radius 3 is 2.56 bits per heavy atom. The van der Waals surface area contributed by atoms with Crippen molar-refractivity contribution < 1.29 is 22.8 Å². The average molecular weight is 460 g/mol. The fourth-order valence-corrected chi connectivity index (χ4v) is 4.09. The molecule has 0 saturated heterocycles. The van der Waals surface area contributed by atoms with Crippen molar-refractivity contribution in [2.75, 3.05) is 11.1 Å². The van der Waals surface area contributed by atoms with Crippen molar-refractivity contribution >= 4 is 29.1 Å². The molecule has 4 rings (SSSR count). The van der Waals surface area contributed by atoms with E-state index in [0.29, 0.717) is 10.8 Å². The quantitative estimate of drug-likeness (QED) is 0.392. The topological polar surface area (TPSA) is 76.9 Å². The highest BCUT2D eigenvalue weighted by Crippen LogP contribution is 2.41. The minimum Gasteiger partial charge on any atom is -0.326 e. The maximum absolute atomic E-state index is 13.0. The standard InChI is InChI=1S/C22H19F3N4O2S/c1-13(30)26-17-6-3-7-18(11-17)29-20(14-8-9-14)27-28-21(29)32-12-19(31)15-4-2-5-16(10-15)22(23,24)25/h2-7,10-11,14H,8-9,12H2,1H3,(H,26,30). The Morgan fingerprint density at radius 2 is 1.88 bits per heavy atom. The molecule has 1 aliphatic carbocycles. The van der Waals surface area contributed by atoms with Crippen molar-refractivity contribution in [2.24, 2.45) is 0 Å². The molecule has 2 aromatic carbocycles. The predicted molar refractivity (Wildman–Crippen MR) is 114 cm³/mol. The minimum atomic E-state index is -4.51. The summed E-state index contributed by atoms with van der Waals surface area (Å²) in [6.07, 6.45) is -2.55. The highest BCUT2D eigenvalue weighted by molar-refractivity contribution is 7.99. The van der Waals surface area contributed by atoms with Crippen LogP contribution in [0.1, 0.15) is 47.4 Å². The Bertz CT molecular complexity index is 1170. The Morgan fingerprint density at radius 1 is 1.12 bits per heavy atom. The fourth-order valence-electron chi connectivity index (χ4n) is 3.23. The van der Waals surface area contributed by atoms with Gasteiger partial charge in [-0.25, -0.2) is 0 Å². The number of thioether (sulfide) groups is 1. The Hall–Kier alpha value is -3.14. The molecule has 1 heterocycles. The molecule has 166 valence electrons. The lowest BCUT2D eigenvalue weighted by molar-refractivity contribution is -0.137. The van der Waals surface area contributed by atoms with Gasteiger partial charge >= 0.3 is 6.18 Å². The number of hydrogen-bond donors (Lipinski definition) is 1. The van der Waals surface area contributed by atoms with Crippen molar-refractivity contribution in [2.45, 2.75) is 37.0 Å². The summed E-state index contributed by atoms with van der Waals surface area (Å²) in [6.45, 7) is 1.42. The van der Waals surface area contributed by atoms with Crippen LogP contribution in [-0.4, -0.2) is 32.2 Å². The summed E-state index contributed by atoms with van der Waals surface area (Å²) in [5.74, 6) is 0.305. The summed E-state index contributed by atoms with van der Waals surface area (Å²) in [4.78, 5) is 24.0. The lowest BCUT2D eigenvalue weighted by atomic mass is 10.1. The summed E-state index contributed by atoms with van der Waals surface area (Å²) < 4.78 is 40.7. The molecule has 32 heavy (non-hydrogen) atoms. The number of amides is 1. The van der Waals surface area contributed by atoms with Crippen molar-refractivity contribution in [3.63, 3.8) is 0 Å². The van der Waals surface area contributed by atoms with E-state index in [1.807, 2.05) is 10.6 Å². The molecule has 0 atom stereocenters. The molecular weight excluding hydrogens is 441 g/mol. The average Bonchev–Trinajstić information content (AvgIpc) is 3.50. The Balaban J connectivity index is 1.58. The van der Waals surface area contributed by atoms with Gasteiger partial charge in [0.15, 0.2) is 10.9 Å². The van der Waals surface area contributed by atoms with Gasteiger partial charge in [-0.2, -0.15) is 13.2 Å². The summed E-state index contributed by atoms with van der Waals surface area (Å²) in [6, 6.07) is 11.6. The van der Waals surface area contributed by atoms with Crippen molar-refractivity contribution in [1.29, 1.82) is 0 Å². The highest BCUT2D eigenvalue weighted by Gasteiger charge is 2.32. The predicted octanol–water partition coefficient (Wildman–Crippen LogP) is 5.10. The molecule has 3 aromatic rings. The summed E-state index contributed by atoms with van der Waals surface area (Å²) in [5, 5.41) is 11.7. The number of carbonyl (C=O) groups excluding carboxylic acids is 2. The first-order valence-electron chi connectivity index (χ1n) is 9.89. The first-order valence-corrected chi connectivity index (χ1v) is 10.9. The monoisotopic (exact) mass is 460 g/mol. The number of rotatable bonds is 7. The lowest BCUT2D eigenvalue weighted by Gasteiger charge is -2.12. The van der Waals surface area contributed by atoms with Crippen LogP contribution in [0, 0.1) is 0 Å². The SMILES string of the molecule is CC(=O)Nc1cccc(-n2c(SCC(=O)c3cccc(C(F)(F)F)c3)nnc2C2CC2)c1. The zero-order valence-electron chi connectivity index (χ0n) is 17.0. The number of Topliss-reactive ketones (excluding diaryl/α,β-unsaturated/α-hetero) is 1. The number of anilines is 1. The van der Waals surface area contributed by atoms with Gasteiger partial charge in [0.25, 0.3) is 0 Å². The Kier molecular flexibility index (Phi) is 6.05. The van der Waals surface area contributed by atoms with E-state index in [0.717, 1.165) is 48.2 Å². The summed E-state index contributed by atoms with van der Waals surface area (Å²) in [7, 11) is 0. The third-order valence-corrected chi connectivity index (χ3v) is 5.80. The number of nitrogens with zero attached hydrogens (tertiary/aromatic N) is 3. The van der Waals surface area contributed by atoms with Crippen LogP contribution in [-0.2, 0) is 11.0 Å². The molecule has 0 aliphatic heterocycles. The lowest BCUT2D eigenvalue weighted by Crippen LogP contribution is -2.09. The molecule has 0 unspecified atom stereocenters. The van der Waals surface area contributed by atoms with E-state index in [-0.39, 0.29) is 23.1 Å². The van der Waals surface area contributed by atoms with E-state index in [1.165, 1.54) is 19.1 Å². The number of nitrogens with one attached hydrogen (secondary N) is 1. The molecule has 1 N–H and O–H groups in total. The fraction of sp³-hybridized carbons (Fsp3) is 0.273. The van der Waals surface area contributed by atoms with E-state index in [2.05, 4.69) is 15.5 Å². The first-order chi connectivity index (χ1) is 15.2. The highest BCUT2D eigenvalue weighted by atomic mass is 32.2. The van der Waals surface area contributed by atoms with Crippen molar-refractivity contribution in [3.8, 4) is 5.69 Å². The van der Waals surface area contributed by atoms with Gasteiger partial charge in [0, 0.05) is 24.1 Å². The van der Waals surface area contributed by atoms with Gasteiger partial charge in [0.2, 0.25) is 5.91 Å². The number of halogens is 3. The molecular formula is C22H19F3N4O2S. The maximum atomic E-state index is 13.0. The summed E-state index contributed by atoms with van der Waals surface area (Å²) >= 11 is 1.12. The Labute approximate surface area is 186 Å². The van der Waals surface area contributed by atoms with Crippen LogP contribution in [0.25, 0.3) is 5.69 Å². The molecule has 0 radical (unpaired) electrons. The second kappa shape index (κ2) is 8.78. The number of alkyl halides is 3. The largest absolute Gasteiger partial charge is 0.416 e. The summed E-state index contributed by atoms with van der Waals surface area (Å²) in [5.41, 5.74) is 0.481. The van der Waals surface area contributed by atoms with Gasteiger partial charge in [-0.1, -0.05) is 30.0 Å². The number of carbonyl (C=O) groups is 2. The van der Waals surface area contributed by atoms with Crippen LogP contribution in [0.2, 0.25) is 0 Å². The molecule has 1 aromatic heterocycles. The molecule has 0 spiro atoms. The minimum absolute atomic E-state index is 0.00605. The van der Waals surface area contributed by atoms with Gasteiger partial charge < -0.3 is 5.32 Å². The van der Waals surface area contributed by atoms with E-state index in [1.54, 1.807) is 18.2 Å². The van der Waals surface area contributed by atoms with E-state index in [9.17, 15) is 22.8 Å². The van der Waals surface area contributed by atoms with Crippen LogP contribution in [0.5, 0.6) is 0 Å². The second-order valence-corrected chi connectivity index (χ2v) is 8.41. The van der Waals surface area contributed by atoms with Gasteiger partial charge in [0.1, 0.15) is 5.82 Å². The van der Waals surface area contributed by atoms with Crippen LogP contribution < -0.4 is 5.32 Å². The van der Waals surface area contributed by atoms with Crippen molar-refractivity contribution in [1.82, 2.24) is 14.8 Å². The first kappa shape index (κ1) is 22.1. The molecule has 1 saturated carbocycles. The number of hydrogen-bond acceptors (Lipinski definition) is 5. The van der Waals surface area contributed by atoms with Gasteiger partial charge in [0.05, 0.1) is 17.0 Å². The molecule has 1 aliphatic rings. The molecule has 6 nitrogen and oxygen atoms in total. The smallest absolute Gasteiger partial charge is 0.326 e. The zero-order valence-corrected chi connectivity index (χ0v) is 17.8. The van der Waals surface area contributed by atoms with Crippen LogP contribution in [0.15, 0.2) is 53.7 Å². The third-order valence-electron chi connectivity index (χ3n) is 4.87. The normalized spacial score (nSPS) is 13.8. The van der Waals surface area contributed by atoms with Crippen LogP contribution >= 0.6 is 11.8 Å². The van der Waals surface area contributed by atoms with Gasteiger partial charge in [-0.3, -0.25) is 14.2 Å². The number of aromatic nitrogens is 3. The van der Waals surface area contributed by atoms with E-state index in [4.69, 9.17) is 0 Å². The number of ketones is 1. The maximum Gasteiger partial charge on any atom is 0.416 e. The molecule has 1 amide bonds. The van der Waals surface area contributed by atoms with Gasteiger partial charge in [-0.05, 0) is 43.2 Å². The van der Waals surface area contributed by atoms with Crippen LogP contribution in [0.4, 0.5) is 18.9 Å². The second-order valence-electron chi connectivity index (χ2n) is 7.47. The van der Waals surface area contributed by atoms with Gasteiger partial charge in [-0.15, -0.1) is 10.2 Å². The number of benzene rings is 2. The van der Waals surface area contributed by atoms with E-state index >= 15 is 0 Å². The van der Waals surface area contributed by atoms with Crippen molar-refractivity contribution in [3.05, 3.63) is 65.5 Å². The molecule has 1 fully saturated rings. The molecule has 10 heteroatoms. The van der Waals surface area contributed by atoms with E-state index < -0.39 is 17.5 Å². The zero-order chi connectivity index (χ0) is 22.9. The molecule has 0 bridgehead atoms.